The van der Waals surface area contributed by atoms with Crippen LogP contribution in [-0.4, -0.2) is 24.8 Å². The van der Waals surface area contributed by atoms with E-state index in [-0.39, 0.29) is 12.2 Å². The first-order valence-electron chi connectivity index (χ1n) is 12.9. The van der Waals surface area contributed by atoms with Crippen molar-refractivity contribution < 1.29 is 19.0 Å². The number of benzene rings is 3. The largest absolute Gasteiger partial charge is 0.493 e. The Hall–Kier alpha value is -3.37. The first-order valence-corrected chi connectivity index (χ1v) is 15.2. The molecule has 11 heteroatoms. The van der Waals surface area contributed by atoms with Crippen LogP contribution in [-0.2, 0) is 16.1 Å². The molecule has 3 aromatic carbocycles. The van der Waals surface area contributed by atoms with Gasteiger partial charge in [-0.1, -0.05) is 93.8 Å². The van der Waals surface area contributed by atoms with Gasteiger partial charge in [0.2, 0.25) is 0 Å². The van der Waals surface area contributed by atoms with Crippen molar-refractivity contribution >= 4 is 62.5 Å². The number of esters is 1. The topological polar surface area (TPSA) is 79.1 Å². The van der Waals surface area contributed by atoms with Gasteiger partial charge in [0.15, 0.2) is 16.3 Å². The highest BCUT2D eigenvalue weighted by Gasteiger charge is 2.33. The average Bonchev–Trinajstić information content (AvgIpc) is 3.31. The van der Waals surface area contributed by atoms with Gasteiger partial charge in [-0.25, -0.2) is 9.79 Å². The Bertz CT molecular complexity index is 1890. The van der Waals surface area contributed by atoms with Gasteiger partial charge in [0, 0.05) is 4.47 Å². The van der Waals surface area contributed by atoms with Crippen LogP contribution in [0.25, 0.3) is 6.08 Å². The lowest BCUT2D eigenvalue weighted by Gasteiger charge is -2.25. The van der Waals surface area contributed by atoms with E-state index in [1.807, 2.05) is 43.3 Å². The minimum atomic E-state index is -0.665. The van der Waals surface area contributed by atoms with Crippen molar-refractivity contribution in [3.8, 4) is 11.5 Å². The highest BCUT2D eigenvalue weighted by molar-refractivity contribution is 9.10. The van der Waals surface area contributed by atoms with Gasteiger partial charge in [-0.15, -0.1) is 0 Å². The Balaban J connectivity index is 1.57. The van der Waals surface area contributed by atoms with Crippen molar-refractivity contribution in [2.45, 2.75) is 26.0 Å². The van der Waals surface area contributed by atoms with Gasteiger partial charge in [0.25, 0.3) is 5.56 Å². The fourth-order valence-corrected chi connectivity index (χ4v) is 6.45. The van der Waals surface area contributed by atoms with Gasteiger partial charge in [0.05, 0.1) is 46.1 Å². The molecule has 7 nitrogen and oxygen atoms in total. The number of methoxy groups -OCH3 is 2. The number of fused-ring (bicyclic) bond motifs is 1. The number of aromatic nitrogens is 1. The van der Waals surface area contributed by atoms with Gasteiger partial charge < -0.3 is 14.2 Å². The Kier molecular flexibility index (Phi) is 9.22. The highest BCUT2D eigenvalue weighted by atomic mass is 79.9. The van der Waals surface area contributed by atoms with E-state index in [9.17, 15) is 9.59 Å². The summed E-state index contributed by atoms with van der Waals surface area (Å²) in [7, 11) is 2.88. The summed E-state index contributed by atoms with van der Waals surface area (Å²) in [6.07, 6.45) is 2.28. The van der Waals surface area contributed by atoms with E-state index in [2.05, 4.69) is 15.9 Å². The molecular formula is C31H25BrCl2N2O5S. The second-order valence-electron chi connectivity index (χ2n) is 9.26. The first-order chi connectivity index (χ1) is 20.2. The van der Waals surface area contributed by atoms with Crippen LogP contribution in [0.3, 0.4) is 0 Å². The number of rotatable bonds is 8. The predicted octanol–water partition coefficient (Wildman–Crippen LogP) is 6.46. The molecule has 1 aliphatic rings. The van der Waals surface area contributed by atoms with Crippen LogP contribution in [0.1, 0.15) is 36.1 Å². The summed E-state index contributed by atoms with van der Waals surface area (Å²) in [5.74, 6) is 0.483. The van der Waals surface area contributed by atoms with Crippen LogP contribution in [0.15, 0.2) is 86.2 Å². The summed E-state index contributed by atoms with van der Waals surface area (Å²) in [5.41, 5.74) is 3.02. The Labute approximate surface area is 264 Å². The van der Waals surface area contributed by atoms with Crippen molar-refractivity contribution in [1.82, 2.24) is 4.57 Å². The lowest BCUT2D eigenvalue weighted by Crippen LogP contribution is -2.40. The first kappa shape index (κ1) is 30.1. The number of carbonyl (C=O) groups is 1. The van der Waals surface area contributed by atoms with E-state index >= 15 is 0 Å². The zero-order chi connectivity index (χ0) is 30.0. The minimum Gasteiger partial charge on any atom is -0.493 e. The van der Waals surface area contributed by atoms with Crippen molar-refractivity contribution in [3.63, 3.8) is 0 Å². The normalized spacial score (nSPS) is 14.8. The van der Waals surface area contributed by atoms with Gasteiger partial charge >= 0.3 is 5.97 Å². The molecular weight excluding hydrogens is 663 g/mol. The number of hydrogen-bond acceptors (Lipinski definition) is 7. The molecule has 0 saturated carbocycles. The molecule has 0 aliphatic carbocycles. The Morgan fingerprint density at radius 1 is 1.07 bits per heavy atom. The SMILES string of the molecule is CCC1=C(C(=O)OC)[C@H](c2ccccc2)n2c(s/c(=C\c3cc(OC)c(OCc4ccc(Cl)c(Cl)c4)cc3Br)c2=O)=N1. The van der Waals surface area contributed by atoms with E-state index < -0.39 is 12.0 Å². The molecule has 0 unspecified atom stereocenters. The molecule has 0 fully saturated rings. The third-order valence-electron chi connectivity index (χ3n) is 6.71. The highest BCUT2D eigenvalue weighted by Crippen LogP contribution is 2.35. The maximum atomic E-state index is 13.9. The summed E-state index contributed by atoms with van der Waals surface area (Å²) in [6, 6.07) is 17.6. The van der Waals surface area contributed by atoms with Gasteiger partial charge in [-0.2, -0.15) is 0 Å². The number of ether oxygens (including phenoxy) is 3. The van der Waals surface area contributed by atoms with E-state index in [4.69, 9.17) is 42.4 Å². The third-order valence-corrected chi connectivity index (χ3v) is 9.12. The van der Waals surface area contributed by atoms with Crippen LogP contribution in [0.5, 0.6) is 11.5 Å². The lowest BCUT2D eigenvalue weighted by molar-refractivity contribution is -0.136. The number of nitrogens with zero attached hydrogens (tertiary/aromatic N) is 2. The average molecular weight is 688 g/mol. The molecule has 42 heavy (non-hydrogen) atoms. The van der Waals surface area contributed by atoms with Crippen LogP contribution in [0.4, 0.5) is 0 Å². The molecule has 1 atom stereocenters. The number of thiazole rings is 1. The van der Waals surface area contributed by atoms with E-state index in [0.29, 0.717) is 58.6 Å². The number of halogens is 3. The second kappa shape index (κ2) is 12.9. The molecule has 4 aromatic rings. The zero-order valence-electron chi connectivity index (χ0n) is 22.8. The van der Waals surface area contributed by atoms with Crippen LogP contribution in [0.2, 0.25) is 10.0 Å². The van der Waals surface area contributed by atoms with Gasteiger partial charge in [0.1, 0.15) is 6.61 Å². The molecule has 0 spiro atoms. The van der Waals surface area contributed by atoms with E-state index in [1.54, 1.807) is 42.0 Å². The molecule has 0 radical (unpaired) electrons. The molecule has 1 aliphatic heterocycles. The molecule has 0 N–H and O–H groups in total. The summed E-state index contributed by atoms with van der Waals surface area (Å²) >= 11 is 17.0. The summed E-state index contributed by atoms with van der Waals surface area (Å²) < 4.78 is 19.5. The van der Waals surface area contributed by atoms with Crippen molar-refractivity contribution in [2.24, 2.45) is 4.99 Å². The Morgan fingerprint density at radius 2 is 1.83 bits per heavy atom. The third kappa shape index (κ3) is 5.92. The molecule has 1 aromatic heterocycles. The fraction of sp³-hybridized carbons (Fsp3) is 0.194. The van der Waals surface area contributed by atoms with E-state index in [0.717, 1.165) is 11.1 Å². The van der Waals surface area contributed by atoms with Gasteiger partial charge in [-0.05, 0) is 53.5 Å². The lowest BCUT2D eigenvalue weighted by atomic mass is 9.95. The van der Waals surface area contributed by atoms with Crippen LogP contribution in [0, 0.1) is 0 Å². The molecule has 0 amide bonds. The quantitative estimate of drug-likeness (QED) is 0.199. The number of carbonyl (C=O) groups excluding carboxylic acids is 1. The maximum Gasteiger partial charge on any atom is 0.338 e. The number of hydrogen-bond donors (Lipinski definition) is 0. The van der Waals surface area contributed by atoms with Crippen molar-refractivity contribution in [2.75, 3.05) is 14.2 Å². The van der Waals surface area contributed by atoms with Crippen molar-refractivity contribution in [1.29, 1.82) is 0 Å². The van der Waals surface area contributed by atoms with E-state index in [1.165, 1.54) is 18.4 Å². The minimum absolute atomic E-state index is 0.249. The number of allylic oxidation sites excluding steroid dienone is 1. The predicted molar refractivity (Wildman–Crippen MR) is 168 cm³/mol. The van der Waals surface area contributed by atoms with Gasteiger partial charge in [-0.3, -0.25) is 9.36 Å². The Morgan fingerprint density at radius 3 is 2.50 bits per heavy atom. The zero-order valence-corrected chi connectivity index (χ0v) is 26.7. The molecule has 216 valence electrons. The molecule has 2 heterocycles. The molecule has 5 rings (SSSR count). The smallest absolute Gasteiger partial charge is 0.338 e. The second-order valence-corrected chi connectivity index (χ2v) is 11.9. The standard InChI is InChI=1S/C31H25BrCl2N2O5S/c1-4-23-27(30(38)40-3)28(18-8-6-5-7-9-18)36-29(37)26(42-31(36)35-23)14-19-13-24(39-2)25(15-20(19)32)41-16-17-10-11-21(33)22(34)12-17/h5-15,28H,4,16H2,1-3H3/b26-14-/t28-/m0/s1. The van der Waals surface area contributed by atoms with Crippen LogP contribution < -0.4 is 24.4 Å². The maximum absolute atomic E-state index is 13.9. The van der Waals surface area contributed by atoms with Crippen molar-refractivity contribution in [3.05, 3.63) is 123 Å². The monoisotopic (exact) mass is 686 g/mol. The molecule has 0 bridgehead atoms. The summed E-state index contributed by atoms with van der Waals surface area (Å²) in [4.78, 5) is 32.1. The fourth-order valence-electron chi connectivity index (χ4n) is 4.68. The summed E-state index contributed by atoms with van der Waals surface area (Å²) in [6.45, 7) is 2.17. The molecule has 0 saturated heterocycles. The summed E-state index contributed by atoms with van der Waals surface area (Å²) in [5, 5.41) is 0.917. The van der Waals surface area contributed by atoms with Crippen LogP contribution >= 0.6 is 50.5 Å².